The molecule has 0 heteroatoms. The van der Waals surface area contributed by atoms with Gasteiger partial charge in [0.25, 0.3) is 0 Å². The van der Waals surface area contributed by atoms with Crippen LogP contribution in [0.3, 0.4) is 0 Å². The first-order chi connectivity index (χ1) is 7.01. The fourth-order valence-corrected chi connectivity index (χ4v) is 3.09. The lowest BCUT2D eigenvalue weighted by Crippen LogP contribution is -1.90. The van der Waals surface area contributed by atoms with Gasteiger partial charge in [-0.25, -0.2) is 0 Å². The molecule has 1 saturated carbocycles. The van der Waals surface area contributed by atoms with Gasteiger partial charge in [0, 0.05) is 0 Å². The monoisotopic (exact) mass is 204 g/mol. The zero-order valence-corrected chi connectivity index (χ0v) is 10.6. The molecule has 2 atom stereocenters. The standard InChI is InChI=1S/C15H24/c1-11-6-5-7-12(2)10-14-13(9-8-11)15(14,3)4/h6,10,13-14H,5,7-9H2,1-4H3/b11-6+,12-10-/t13-,14?/m0/s1. The van der Waals surface area contributed by atoms with E-state index in [4.69, 9.17) is 0 Å². The lowest BCUT2D eigenvalue weighted by atomic mass is 10.0. The first kappa shape index (κ1) is 11.0. The van der Waals surface area contributed by atoms with E-state index in [1.807, 2.05) is 0 Å². The molecule has 0 nitrogen and oxygen atoms in total. The maximum absolute atomic E-state index is 2.55. The number of rotatable bonds is 0. The Hall–Kier alpha value is -0.520. The largest absolute Gasteiger partial charge is 0.0853 e. The molecule has 1 unspecified atom stereocenters. The molecule has 0 N–H and O–H groups in total. The summed E-state index contributed by atoms with van der Waals surface area (Å²) in [4.78, 5) is 0. The number of hydrogen-bond donors (Lipinski definition) is 0. The van der Waals surface area contributed by atoms with Gasteiger partial charge < -0.3 is 0 Å². The maximum Gasteiger partial charge on any atom is -0.0143 e. The highest BCUT2D eigenvalue weighted by molar-refractivity contribution is 5.19. The van der Waals surface area contributed by atoms with Crippen LogP contribution in [0.1, 0.15) is 53.4 Å². The summed E-state index contributed by atoms with van der Waals surface area (Å²) in [5.41, 5.74) is 3.78. The molecule has 2 rings (SSSR count). The normalized spacial score (nSPS) is 41.9. The molecule has 15 heavy (non-hydrogen) atoms. The van der Waals surface area contributed by atoms with E-state index in [-0.39, 0.29) is 0 Å². The molecule has 0 aromatic rings. The van der Waals surface area contributed by atoms with Crippen molar-refractivity contribution in [1.82, 2.24) is 0 Å². The van der Waals surface area contributed by atoms with Crippen LogP contribution in [0.4, 0.5) is 0 Å². The van der Waals surface area contributed by atoms with Gasteiger partial charge in [-0.05, 0) is 56.8 Å². The van der Waals surface area contributed by atoms with Crippen molar-refractivity contribution in [2.75, 3.05) is 0 Å². The van der Waals surface area contributed by atoms with Crippen LogP contribution in [-0.2, 0) is 0 Å². The lowest BCUT2D eigenvalue weighted by molar-refractivity contribution is 0.528. The second-order valence-corrected chi connectivity index (χ2v) is 6.09. The number of allylic oxidation sites excluding steroid dienone is 4. The van der Waals surface area contributed by atoms with Crippen molar-refractivity contribution in [2.45, 2.75) is 53.4 Å². The molecule has 1 fully saturated rings. The van der Waals surface area contributed by atoms with Crippen LogP contribution in [0.15, 0.2) is 23.3 Å². The van der Waals surface area contributed by atoms with E-state index in [0.717, 1.165) is 11.8 Å². The molecule has 0 aliphatic heterocycles. The van der Waals surface area contributed by atoms with E-state index >= 15 is 0 Å². The van der Waals surface area contributed by atoms with Crippen molar-refractivity contribution >= 4 is 0 Å². The average Bonchev–Trinajstić information content (AvgIpc) is 2.65. The Morgan fingerprint density at radius 3 is 2.60 bits per heavy atom. The highest BCUT2D eigenvalue weighted by Gasteiger charge is 2.55. The fourth-order valence-electron chi connectivity index (χ4n) is 3.09. The Balaban J connectivity index is 2.13. The Morgan fingerprint density at radius 1 is 1.13 bits per heavy atom. The first-order valence-corrected chi connectivity index (χ1v) is 6.34. The second-order valence-electron chi connectivity index (χ2n) is 6.09. The summed E-state index contributed by atoms with van der Waals surface area (Å²) >= 11 is 0. The van der Waals surface area contributed by atoms with Gasteiger partial charge in [-0.1, -0.05) is 37.1 Å². The molecule has 0 radical (unpaired) electrons. The highest BCUT2D eigenvalue weighted by atomic mass is 14.6. The molecular formula is C15H24. The SMILES string of the molecule is C/C1=C/C2[C@H](CC/C(C)=C/CC1)C2(C)C. The molecular weight excluding hydrogens is 180 g/mol. The van der Waals surface area contributed by atoms with E-state index < -0.39 is 0 Å². The number of fused-ring (bicyclic) bond motifs is 1. The Kier molecular flexibility index (Phi) is 2.79. The minimum Gasteiger partial charge on any atom is -0.0853 e. The summed E-state index contributed by atoms with van der Waals surface area (Å²) in [6, 6.07) is 0. The third kappa shape index (κ3) is 2.19. The van der Waals surface area contributed by atoms with Gasteiger partial charge in [0.2, 0.25) is 0 Å². The van der Waals surface area contributed by atoms with E-state index in [1.54, 1.807) is 11.1 Å². The van der Waals surface area contributed by atoms with Crippen molar-refractivity contribution < 1.29 is 0 Å². The summed E-state index contributed by atoms with van der Waals surface area (Å²) in [6.07, 6.45) is 10.2. The van der Waals surface area contributed by atoms with Crippen LogP contribution in [0.5, 0.6) is 0 Å². The maximum atomic E-state index is 2.55. The molecule has 84 valence electrons. The van der Waals surface area contributed by atoms with E-state index in [0.29, 0.717) is 5.41 Å². The summed E-state index contributed by atoms with van der Waals surface area (Å²) in [7, 11) is 0. The summed E-state index contributed by atoms with van der Waals surface area (Å²) in [5.74, 6) is 1.80. The van der Waals surface area contributed by atoms with E-state index in [1.165, 1.54) is 25.7 Å². The summed E-state index contributed by atoms with van der Waals surface area (Å²) in [6.45, 7) is 9.47. The molecule has 0 spiro atoms. The fraction of sp³-hybridized carbons (Fsp3) is 0.733. The quantitative estimate of drug-likeness (QED) is 0.501. The van der Waals surface area contributed by atoms with Crippen LogP contribution in [-0.4, -0.2) is 0 Å². The Morgan fingerprint density at radius 2 is 1.87 bits per heavy atom. The van der Waals surface area contributed by atoms with E-state index in [9.17, 15) is 0 Å². The van der Waals surface area contributed by atoms with Crippen LogP contribution in [0, 0.1) is 17.3 Å². The number of hydrogen-bond acceptors (Lipinski definition) is 0. The van der Waals surface area contributed by atoms with Crippen molar-refractivity contribution in [2.24, 2.45) is 17.3 Å². The minimum absolute atomic E-state index is 0.575. The smallest absolute Gasteiger partial charge is 0.0143 e. The van der Waals surface area contributed by atoms with Gasteiger partial charge in [0.1, 0.15) is 0 Å². The van der Waals surface area contributed by atoms with Crippen LogP contribution >= 0.6 is 0 Å². The van der Waals surface area contributed by atoms with Gasteiger partial charge in [-0.15, -0.1) is 0 Å². The van der Waals surface area contributed by atoms with Gasteiger partial charge in [0.15, 0.2) is 0 Å². The minimum atomic E-state index is 0.575. The van der Waals surface area contributed by atoms with Gasteiger partial charge in [-0.2, -0.15) is 0 Å². The second kappa shape index (κ2) is 3.81. The third-order valence-electron chi connectivity index (χ3n) is 4.48. The summed E-state index contributed by atoms with van der Waals surface area (Å²) < 4.78 is 0. The third-order valence-corrected chi connectivity index (χ3v) is 4.48. The molecule has 0 aromatic carbocycles. The zero-order valence-electron chi connectivity index (χ0n) is 10.6. The Bertz CT molecular complexity index is 304. The molecule has 0 amide bonds. The van der Waals surface area contributed by atoms with Crippen molar-refractivity contribution in [3.05, 3.63) is 23.3 Å². The summed E-state index contributed by atoms with van der Waals surface area (Å²) in [5, 5.41) is 0. The van der Waals surface area contributed by atoms with E-state index in [2.05, 4.69) is 39.8 Å². The Labute approximate surface area is 94.5 Å². The zero-order chi connectivity index (χ0) is 11.1. The molecule has 0 heterocycles. The van der Waals surface area contributed by atoms with Crippen molar-refractivity contribution in [3.8, 4) is 0 Å². The average molecular weight is 204 g/mol. The van der Waals surface area contributed by atoms with Crippen LogP contribution in [0.2, 0.25) is 0 Å². The molecule has 0 aromatic heterocycles. The van der Waals surface area contributed by atoms with Crippen LogP contribution in [0.25, 0.3) is 0 Å². The first-order valence-electron chi connectivity index (χ1n) is 6.34. The predicted molar refractivity (Wildman–Crippen MR) is 66.7 cm³/mol. The van der Waals surface area contributed by atoms with Crippen LogP contribution < -0.4 is 0 Å². The predicted octanol–water partition coefficient (Wildman–Crippen LogP) is 4.73. The van der Waals surface area contributed by atoms with Crippen molar-refractivity contribution in [3.63, 3.8) is 0 Å². The van der Waals surface area contributed by atoms with Crippen molar-refractivity contribution in [1.29, 1.82) is 0 Å². The van der Waals surface area contributed by atoms with Gasteiger partial charge in [0.05, 0.1) is 0 Å². The highest BCUT2D eigenvalue weighted by Crippen LogP contribution is 2.61. The van der Waals surface area contributed by atoms with Gasteiger partial charge >= 0.3 is 0 Å². The molecule has 0 bridgehead atoms. The molecule has 0 saturated heterocycles. The lowest BCUT2D eigenvalue weighted by Gasteiger charge is -2.05. The topological polar surface area (TPSA) is 0 Å². The van der Waals surface area contributed by atoms with Gasteiger partial charge in [-0.3, -0.25) is 0 Å². The molecule has 2 aliphatic rings. The molecule has 2 aliphatic carbocycles.